The highest BCUT2D eigenvalue weighted by atomic mass is 16.5. The van der Waals surface area contributed by atoms with Crippen LogP contribution in [0.25, 0.3) is 0 Å². The first kappa shape index (κ1) is 15.4. The lowest BCUT2D eigenvalue weighted by Gasteiger charge is -2.38. The molecule has 0 spiro atoms. The number of piperidine rings is 1. The third-order valence-corrected chi connectivity index (χ3v) is 3.92. The molecule has 0 radical (unpaired) electrons. The molecule has 0 aromatic carbocycles. The maximum absolute atomic E-state index is 12.6. The number of hydrogen-bond acceptors (Lipinski definition) is 3. The number of carbonyl (C=O) groups excluding carboxylic acids is 1. The van der Waals surface area contributed by atoms with E-state index >= 15 is 0 Å². The van der Waals surface area contributed by atoms with E-state index in [-0.39, 0.29) is 11.5 Å². The number of nitrogens with zero attached hydrogens (tertiary/aromatic N) is 1. The van der Waals surface area contributed by atoms with Crippen LogP contribution in [0.2, 0.25) is 0 Å². The number of hydrogen-bond donors (Lipinski definition) is 1. The van der Waals surface area contributed by atoms with Crippen LogP contribution in [-0.2, 0) is 9.53 Å². The van der Waals surface area contributed by atoms with Gasteiger partial charge in [0.1, 0.15) is 0 Å². The Morgan fingerprint density at radius 2 is 2.00 bits per heavy atom. The van der Waals surface area contributed by atoms with Gasteiger partial charge in [-0.3, -0.25) is 4.79 Å². The van der Waals surface area contributed by atoms with Gasteiger partial charge in [0.25, 0.3) is 0 Å². The zero-order valence-electron chi connectivity index (χ0n) is 12.3. The Labute approximate surface area is 111 Å². The van der Waals surface area contributed by atoms with Gasteiger partial charge in [-0.05, 0) is 46.2 Å². The molecule has 1 rings (SSSR count). The van der Waals surface area contributed by atoms with E-state index in [2.05, 4.69) is 12.2 Å². The molecule has 4 nitrogen and oxygen atoms in total. The number of nitrogens with one attached hydrogen (secondary N) is 1. The SMILES string of the molecule is CCC1(C(=O)N(C)CCOC(C)C)CCNCC1. The van der Waals surface area contributed by atoms with E-state index in [9.17, 15) is 4.79 Å². The van der Waals surface area contributed by atoms with Crippen LogP contribution in [0.3, 0.4) is 0 Å². The fraction of sp³-hybridized carbons (Fsp3) is 0.929. The largest absolute Gasteiger partial charge is 0.377 e. The molecule has 1 fully saturated rings. The van der Waals surface area contributed by atoms with Crippen molar-refractivity contribution in [3.8, 4) is 0 Å². The van der Waals surface area contributed by atoms with E-state index in [1.807, 2.05) is 25.8 Å². The average molecular weight is 256 g/mol. The quantitative estimate of drug-likeness (QED) is 0.785. The van der Waals surface area contributed by atoms with Crippen LogP contribution in [0.4, 0.5) is 0 Å². The van der Waals surface area contributed by atoms with Crippen LogP contribution >= 0.6 is 0 Å². The monoisotopic (exact) mass is 256 g/mol. The molecule has 0 unspecified atom stereocenters. The number of carbonyl (C=O) groups is 1. The predicted molar refractivity (Wildman–Crippen MR) is 73.6 cm³/mol. The molecule has 0 atom stereocenters. The standard InChI is InChI=1S/C14H28N2O2/c1-5-14(6-8-15-9-7-14)13(17)16(4)10-11-18-12(2)3/h12,15H,5-11H2,1-4H3. The fourth-order valence-corrected chi connectivity index (χ4v) is 2.56. The molecular weight excluding hydrogens is 228 g/mol. The summed E-state index contributed by atoms with van der Waals surface area (Å²) in [5, 5.41) is 3.33. The smallest absolute Gasteiger partial charge is 0.228 e. The molecule has 1 aliphatic heterocycles. The molecule has 0 bridgehead atoms. The van der Waals surface area contributed by atoms with E-state index in [0.717, 1.165) is 32.4 Å². The summed E-state index contributed by atoms with van der Waals surface area (Å²) in [4.78, 5) is 14.4. The minimum Gasteiger partial charge on any atom is -0.377 e. The molecule has 0 saturated carbocycles. The van der Waals surface area contributed by atoms with Crippen LogP contribution in [0, 0.1) is 5.41 Å². The Bertz CT molecular complexity index is 261. The van der Waals surface area contributed by atoms with Gasteiger partial charge in [0.15, 0.2) is 0 Å². The summed E-state index contributed by atoms with van der Waals surface area (Å²) in [6, 6.07) is 0. The number of likely N-dealkylation sites (N-methyl/N-ethyl adjacent to an activating group) is 1. The highest BCUT2D eigenvalue weighted by Crippen LogP contribution is 2.34. The third-order valence-electron chi connectivity index (χ3n) is 3.92. The molecule has 1 amide bonds. The highest BCUT2D eigenvalue weighted by molar-refractivity contribution is 5.82. The summed E-state index contributed by atoms with van der Waals surface area (Å²) in [7, 11) is 1.89. The Hall–Kier alpha value is -0.610. The van der Waals surface area contributed by atoms with Crippen LogP contribution in [0.5, 0.6) is 0 Å². The zero-order chi connectivity index (χ0) is 13.6. The van der Waals surface area contributed by atoms with Gasteiger partial charge in [0.05, 0.1) is 18.1 Å². The maximum Gasteiger partial charge on any atom is 0.228 e. The number of amides is 1. The molecule has 1 aliphatic rings. The van der Waals surface area contributed by atoms with Crippen LogP contribution in [0.15, 0.2) is 0 Å². The highest BCUT2D eigenvalue weighted by Gasteiger charge is 2.39. The van der Waals surface area contributed by atoms with Crippen LogP contribution < -0.4 is 5.32 Å². The first-order valence-corrected chi connectivity index (χ1v) is 7.10. The van der Waals surface area contributed by atoms with Crippen molar-refractivity contribution in [2.75, 3.05) is 33.3 Å². The molecule has 1 heterocycles. The van der Waals surface area contributed by atoms with Gasteiger partial charge in [-0.1, -0.05) is 6.92 Å². The second kappa shape index (κ2) is 7.10. The number of rotatable bonds is 6. The minimum absolute atomic E-state index is 0.141. The van der Waals surface area contributed by atoms with Gasteiger partial charge in [0.2, 0.25) is 5.91 Å². The fourth-order valence-electron chi connectivity index (χ4n) is 2.56. The van der Waals surface area contributed by atoms with Crippen LogP contribution in [-0.4, -0.2) is 50.2 Å². The van der Waals surface area contributed by atoms with Crippen molar-refractivity contribution in [3.63, 3.8) is 0 Å². The van der Waals surface area contributed by atoms with Crippen LogP contribution in [0.1, 0.15) is 40.0 Å². The summed E-state index contributed by atoms with van der Waals surface area (Å²) in [6.45, 7) is 9.38. The molecule has 0 aromatic heterocycles. The third kappa shape index (κ3) is 3.95. The molecule has 106 valence electrons. The summed E-state index contributed by atoms with van der Waals surface area (Å²) < 4.78 is 5.51. The zero-order valence-corrected chi connectivity index (χ0v) is 12.3. The normalized spacial score (nSPS) is 18.9. The topological polar surface area (TPSA) is 41.6 Å². The number of ether oxygens (including phenoxy) is 1. The van der Waals surface area contributed by atoms with Crippen molar-refractivity contribution in [1.29, 1.82) is 0 Å². The van der Waals surface area contributed by atoms with Gasteiger partial charge in [-0.15, -0.1) is 0 Å². The van der Waals surface area contributed by atoms with Gasteiger partial charge in [-0.2, -0.15) is 0 Å². The predicted octanol–water partition coefficient (Wildman–Crippen LogP) is 1.65. The van der Waals surface area contributed by atoms with Gasteiger partial charge < -0.3 is 15.0 Å². The minimum atomic E-state index is -0.141. The average Bonchev–Trinajstić information content (AvgIpc) is 2.38. The van der Waals surface area contributed by atoms with Crippen molar-refractivity contribution < 1.29 is 9.53 Å². The van der Waals surface area contributed by atoms with E-state index < -0.39 is 0 Å². The molecule has 4 heteroatoms. The molecular formula is C14H28N2O2. The molecule has 18 heavy (non-hydrogen) atoms. The Balaban J connectivity index is 2.49. The molecule has 0 aromatic rings. The second-order valence-corrected chi connectivity index (χ2v) is 5.53. The summed E-state index contributed by atoms with van der Waals surface area (Å²) >= 11 is 0. The maximum atomic E-state index is 12.6. The van der Waals surface area contributed by atoms with Gasteiger partial charge in [0, 0.05) is 13.6 Å². The summed E-state index contributed by atoms with van der Waals surface area (Å²) in [5.41, 5.74) is -0.141. The summed E-state index contributed by atoms with van der Waals surface area (Å²) in [5.74, 6) is 0.291. The van der Waals surface area contributed by atoms with Crippen molar-refractivity contribution in [1.82, 2.24) is 10.2 Å². The Kier molecular flexibility index (Phi) is 6.09. The van der Waals surface area contributed by atoms with E-state index in [1.165, 1.54) is 0 Å². The van der Waals surface area contributed by atoms with E-state index in [1.54, 1.807) is 0 Å². The molecule has 1 saturated heterocycles. The van der Waals surface area contributed by atoms with Crippen molar-refractivity contribution >= 4 is 5.91 Å². The van der Waals surface area contributed by atoms with E-state index in [0.29, 0.717) is 19.1 Å². The van der Waals surface area contributed by atoms with Crippen molar-refractivity contribution in [3.05, 3.63) is 0 Å². The van der Waals surface area contributed by atoms with Gasteiger partial charge >= 0.3 is 0 Å². The van der Waals surface area contributed by atoms with Gasteiger partial charge in [-0.25, -0.2) is 0 Å². The second-order valence-electron chi connectivity index (χ2n) is 5.53. The van der Waals surface area contributed by atoms with E-state index in [4.69, 9.17) is 4.74 Å². The Morgan fingerprint density at radius 3 is 2.50 bits per heavy atom. The molecule has 1 N–H and O–H groups in total. The Morgan fingerprint density at radius 1 is 1.39 bits per heavy atom. The first-order valence-electron chi connectivity index (χ1n) is 7.10. The van der Waals surface area contributed by atoms with Crippen molar-refractivity contribution in [2.45, 2.75) is 46.1 Å². The first-order chi connectivity index (χ1) is 8.52. The lowest BCUT2D eigenvalue weighted by molar-refractivity contribution is -0.143. The molecule has 0 aliphatic carbocycles. The lowest BCUT2D eigenvalue weighted by Crippen LogP contribution is -2.48. The lowest BCUT2D eigenvalue weighted by atomic mass is 9.75. The van der Waals surface area contributed by atoms with Crippen molar-refractivity contribution in [2.24, 2.45) is 5.41 Å². The summed E-state index contributed by atoms with van der Waals surface area (Å²) in [6.07, 6.45) is 3.07.